The number of amides is 1. The van der Waals surface area contributed by atoms with Gasteiger partial charge in [-0.25, -0.2) is 14.5 Å². The van der Waals surface area contributed by atoms with E-state index < -0.39 is 0 Å². The number of aromatic nitrogens is 4. The number of hydrogen-bond donors (Lipinski definition) is 2. The van der Waals surface area contributed by atoms with E-state index in [4.69, 9.17) is 20.9 Å². The Morgan fingerprint density at radius 1 is 1.09 bits per heavy atom. The molecule has 2 saturated heterocycles. The molecule has 1 amide bonds. The number of rotatable bonds is 6. The van der Waals surface area contributed by atoms with Crippen molar-refractivity contribution in [3.8, 4) is 0 Å². The molecule has 34 heavy (non-hydrogen) atoms. The van der Waals surface area contributed by atoms with Crippen LogP contribution >= 0.6 is 0 Å². The van der Waals surface area contributed by atoms with Gasteiger partial charge in [0.05, 0.1) is 24.4 Å². The van der Waals surface area contributed by atoms with Gasteiger partial charge < -0.3 is 9.80 Å². The van der Waals surface area contributed by atoms with Crippen LogP contribution in [0, 0.1) is 17.7 Å². The lowest BCUT2D eigenvalue weighted by Crippen LogP contribution is -2.39. The maximum Gasteiger partial charge on any atom is 0.273 e. The molecule has 2 aliphatic heterocycles. The quantitative estimate of drug-likeness (QED) is 0.431. The van der Waals surface area contributed by atoms with Crippen molar-refractivity contribution in [1.82, 2.24) is 24.5 Å². The fourth-order valence-corrected chi connectivity index (χ4v) is 4.92. The number of nitrogens with zero attached hydrogens (tertiary/aromatic N) is 7. The Hall–Kier alpha value is -3.82. The number of hydrogen-bond acceptors (Lipinski definition) is 7. The van der Waals surface area contributed by atoms with Crippen LogP contribution in [-0.4, -0.2) is 62.7 Å². The van der Waals surface area contributed by atoms with Crippen LogP contribution in [0.1, 0.15) is 59.9 Å². The Labute approximate surface area is 198 Å². The van der Waals surface area contributed by atoms with Crippen LogP contribution in [-0.2, 0) is 0 Å². The van der Waals surface area contributed by atoms with Gasteiger partial charge in [0.25, 0.3) is 5.91 Å². The van der Waals surface area contributed by atoms with E-state index in [1.807, 2.05) is 21.7 Å². The number of pyridine rings is 1. The van der Waals surface area contributed by atoms with Crippen molar-refractivity contribution in [3.63, 3.8) is 0 Å². The number of likely N-dealkylation sites (tertiary alicyclic amines) is 1. The molecular weight excluding hydrogens is 430 g/mol. The second-order valence-electron chi connectivity index (χ2n) is 8.87. The van der Waals surface area contributed by atoms with E-state index in [-0.39, 0.29) is 11.9 Å². The highest BCUT2D eigenvalue weighted by Crippen LogP contribution is 2.32. The van der Waals surface area contributed by atoms with Crippen molar-refractivity contribution in [1.29, 1.82) is 10.8 Å². The number of anilines is 2. The summed E-state index contributed by atoms with van der Waals surface area (Å²) >= 11 is 0. The molecule has 2 fully saturated rings. The van der Waals surface area contributed by atoms with Crippen LogP contribution < -0.4 is 9.80 Å². The van der Waals surface area contributed by atoms with Crippen LogP contribution in [0.5, 0.6) is 0 Å². The Morgan fingerprint density at radius 3 is 2.62 bits per heavy atom. The van der Waals surface area contributed by atoms with E-state index in [1.54, 1.807) is 18.2 Å². The third-order valence-corrected chi connectivity index (χ3v) is 6.63. The average Bonchev–Trinajstić information content (AvgIpc) is 3.54. The molecule has 176 valence electrons. The van der Waals surface area contributed by atoms with Crippen LogP contribution in [0.4, 0.5) is 11.6 Å². The monoisotopic (exact) mass is 459 g/mol. The molecular formula is C24H29N9O. The summed E-state index contributed by atoms with van der Waals surface area (Å²) in [4.78, 5) is 28.3. The fraction of sp³-hybridized carbons (Fsp3) is 0.417. The molecule has 0 saturated carbocycles. The zero-order valence-electron chi connectivity index (χ0n) is 19.3. The van der Waals surface area contributed by atoms with Gasteiger partial charge in [0.15, 0.2) is 5.65 Å². The highest BCUT2D eigenvalue weighted by Gasteiger charge is 2.32. The summed E-state index contributed by atoms with van der Waals surface area (Å²) in [6.45, 7) is 4.78. The first-order valence-corrected chi connectivity index (χ1v) is 11.8. The van der Waals surface area contributed by atoms with Crippen LogP contribution in [0.15, 0.2) is 30.5 Å². The van der Waals surface area contributed by atoms with Crippen molar-refractivity contribution in [3.05, 3.63) is 47.4 Å². The molecule has 3 aromatic rings. The minimum Gasteiger partial charge on any atom is -0.356 e. The molecule has 0 aromatic carbocycles. The topological polar surface area (TPSA) is 118 Å². The summed E-state index contributed by atoms with van der Waals surface area (Å²) in [6, 6.07) is 6.94. The first-order valence-electron chi connectivity index (χ1n) is 11.8. The summed E-state index contributed by atoms with van der Waals surface area (Å²) in [5, 5.41) is 19.7. The fourth-order valence-electron chi connectivity index (χ4n) is 4.92. The number of carbonyl (C=O) groups excluding carboxylic acids is 1. The number of fused-ring (bicyclic) bond motifs is 1. The summed E-state index contributed by atoms with van der Waals surface area (Å²) in [6.07, 6.45) is 9.20. The first-order chi connectivity index (χ1) is 16.6. The minimum absolute atomic E-state index is 0.148. The zero-order valence-corrected chi connectivity index (χ0v) is 19.3. The van der Waals surface area contributed by atoms with Gasteiger partial charge in [0.1, 0.15) is 17.3 Å². The highest BCUT2D eigenvalue weighted by atomic mass is 16.2. The molecule has 0 bridgehead atoms. The molecule has 10 nitrogen and oxygen atoms in total. The highest BCUT2D eigenvalue weighted by molar-refractivity contribution is 5.98. The number of carbonyl (C=O) groups is 1. The molecule has 5 heterocycles. The summed E-state index contributed by atoms with van der Waals surface area (Å²) in [5.41, 5.74) is 3.04. The predicted molar refractivity (Wildman–Crippen MR) is 131 cm³/mol. The summed E-state index contributed by atoms with van der Waals surface area (Å²) in [7, 11) is 0. The largest absolute Gasteiger partial charge is 0.356 e. The molecule has 3 aromatic heterocycles. The molecule has 0 spiro atoms. The standard InChI is InChI=1S/C24H29N9O/c1-17-14-33-22(28-23(17)30-10-4-5-11-30)13-19(29-33)20-8-2-3-12-32(20)24(34)18-7-6-9-21(27-18)31(15-25)16-26/h6-7,9,13-16,20,25-26H,2-5,8,10-12H2,1H3/t20-/m0/s1. The van der Waals surface area contributed by atoms with E-state index in [9.17, 15) is 4.79 Å². The van der Waals surface area contributed by atoms with E-state index >= 15 is 0 Å². The van der Waals surface area contributed by atoms with Crippen molar-refractivity contribution in [2.45, 2.75) is 45.1 Å². The third kappa shape index (κ3) is 4.00. The van der Waals surface area contributed by atoms with E-state index in [0.29, 0.717) is 18.1 Å². The molecule has 1 atom stereocenters. The van der Waals surface area contributed by atoms with Crippen molar-refractivity contribution in [2.24, 2.45) is 0 Å². The lowest BCUT2D eigenvalue weighted by molar-refractivity contribution is 0.0599. The second-order valence-corrected chi connectivity index (χ2v) is 8.87. The maximum absolute atomic E-state index is 13.5. The summed E-state index contributed by atoms with van der Waals surface area (Å²) < 4.78 is 1.83. The maximum atomic E-state index is 13.5. The van der Waals surface area contributed by atoms with Gasteiger partial charge in [-0.15, -0.1) is 0 Å². The lowest BCUT2D eigenvalue weighted by Gasteiger charge is -2.34. The van der Waals surface area contributed by atoms with E-state index in [1.165, 1.54) is 17.7 Å². The molecule has 0 aliphatic carbocycles. The molecule has 5 rings (SSSR count). The Balaban J connectivity index is 1.46. The Bertz CT molecular complexity index is 1220. The first kappa shape index (κ1) is 22.0. The number of aryl methyl sites for hydroxylation is 1. The third-order valence-electron chi connectivity index (χ3n) is 6.63. The van der Waals surface area contributed by atoms with E-state index in [0.717, 1.165) is 67.8 Å². The Morgan fingerprint density at radius 2 is 1.85 bits per heavy atom. The molecule has 0 radical (unpaired) electrons. The SMILES string of the molecule is Cc1cn2nc([C@@H]3CCCCN3C(=O)c3cccc(N(C=N)C=N)n3)cc2nc1N1CCCC1. The average molecular weight is 460 g/mol. The van der Waals surface area contributed by atoms with Gasteiger partial charge in [-0.2, -0.15) is 5.10 Å². The Kier molecular flexibility index (Phi) is 5.95. The number of piperidine rings is 1. The normalized spacial score (nSPS) is 18.3. The van der Waals surface area contributed by atoms with Crippen molar-refractivity contribution in [2.75, 3.05) is 29.4 Å². The van der Waals surface area contributed by atoms with Crippen molar-refractivity contribution < 1.29 is 4.79 Å². The van der Waals surface area contributed by atoms with Crippen LogP contribution in [0.2, 0.25) is 0 Å². The lowest BCUT2D eigenvalue weighted by atomic mass is 9.99. The molecule has 0 unspecified atom stereocenters. The van der Waals surface area contributed by atoms with Crippen LogP contribution in [0.25, 0.3) is 5.65 Å². The number of nitrogens with one attached hydrogen (secondary N) is 2. The predicted octanol–water partition coefficient (Wildman–Crippen LogP) is 3.42. The van der Waals surface area contributed by atoms with Gasteiger partial charge in [0.2, 0.25) is 0 Å². The molecule has 2 aliphatic rings. The zero-order chi connectivity index (χ0) is 23.7. The van der Waals surface area contributed by atoms with Crippen molar-refractivity contribution >= 4 is 35.9 Å². The van der Waals surface area contributed by atoms with Gasteiger partial charge in [0, 0.05) is 37.5 Å². The van der Waals surface area contributed by atoms with Gasteiger partial charge >= 0.3 is 0 Å². The second kappa shape index (κ2) is 9.20. The van der Waals surface area contributed by atoms with Gasteiger partial charge in [-0.3, -0.25) is 20.5 Å². The van der Waals surface area contributed by atoms with E-state index in [2.05, 4.69) is 16.8 Å². The van der Waals surface area contributed by atoms with Crippen LogP contribution in [0.3, 0.4) is 0 Å². The van der Waals surface area contributed by atoms with Gasteiger partial charge in [-0.05, 0) is 51.2 Å². The summed E-state index contributed by atoms with van der Waals surface area (Å²) in [5.74, 6) is 1.22. The molecule has 2 N–H and O–H groups in total. The smallest absolute Gasteiger partial charge is 0.273 e. The minimum atomic E-state index is -0.166. The molecule has 10 heteroatoms. The van der Waals surface area contributed by atoms with Gasteiger partial charge in [-0.1, -0.05) is 6.07 Å².